The Morgan fingerprint density at radius 3 is 2.50 bits per heavy atom. The van der Waals surface area contributed by atoms with Crippen molar-refractivity contribution >= 4 is 11.0 Å². The lowest BCUT2D eigenvalue weighted by Crippen LogP contribution is -2.40. The molecule has 0 radical (unpaired) electrons. The maximum atomic E-state index is 12.6. The second kappa shape index (κ2) is 5.97. The first kappa shape index (κ1) is 14.3. The summed E-state index contributed by atoms with van der Waals surface area (Å²) in [4.78, 5) is 29.2. The van der Waals surface area contributed by atoms with Crippen molar-refractivity contribution in [3.05, 3.63) is 75.1 Å². The van der Waals surface area contributed by atoms with E-state index in [9.17, 15) is 9.59 Å². The molecular formula is C17H17N3O2. The van der Waals surface area contributed by atoms with E-state index < -0.39 is 0 Å². The maximum absolute atomic E-state index is 12.6. The molecule has 0 atom stereocenters. The monoisotopic (exact) mass is 295 g/mol. The van der Waals surface area contributed by atoms with Gasteiger partial charge in [0.25, 0.3) is 5.56 Å². The summed E-state index contributed by atoms with van der Waals surface area (Å²) in [5.41, 5.74) is 1.44. The zero-order valence-electron chi connectivity index (χ0n) is 12.4. The summed E-state index contributed by atoms with van der Waals surface area (Å²) in [6, 6.07) is 13.3. The largest absolute Gasteiger partial charge is 0.331 e. The Bertz CT molecular complexity index is 911. The van der Waals surface area contributed by atoms with Crippen molar-refractivity contribution in [1.29, 1.82) is 0 Å². The Balaban J connectivity index is 2.10. The lowest BCUT2D eigenvalue weighted by atomic mass is 10.1. The highest BCUT2D eigenvalue weighted by molar-refractivity contribution is 5.72. The van der Waals surface area contributed by atoms with E-state index in [0.29, 0.717) is 30.5 Å². The highest BCUT2D eigenvalue weighted by atomic mass is 16.2. The van der Waals surface area contributed by atoms with Gasteiger partial charge >= 0.3 is 5.69 Å². The molecule has 22 heavy (non-hydrogen) atoms. The van der Waals surface area contributed by atoms with Gasteiger partial charge in [-0.1, -0.05) is 30.3 Å². The first-order chi connectivity index (χ1) is 10.7. The molecular weight excluding hydrogens is 278 g/mol. The summed E-state index contributed by atoms with van der Waals surface area (Å²) in [6.07, 6.45) is 2.22. The molecule has 1 aromatic carbocycles. The van der Waals surface area contributed by atoms with Crippen molar-refractivity contribution in [2.24, 2.45) is 0 Å². The molecule has 3 rings (SSSR count). The number of aromatic nitrogens is 3. The van der Waals surface area contributed by atoms with Gasteiger partial charge in [0.05, 0.1) is 5.52 Å². The molecule has 0 bridgehead atoms. The van der Waals surface area contributed by atoms with E-state index in [-0.39, 0.29) is 11.2 Å². The molecule has 0 saturated carbocycles. The van der Waals surface area contributed by atoms with Crippen LogP contribution in [0.15, 0.2) is 58.3 Å². The van der Waals surface area contributed by atoms with Crippen molar-refractivity contribution < 1.29 is 0 Å². The third-order valence-corrected chi connectivity index (χ3v) is 3.77. The van der Waals surface area contributed by atoms with Gasteiger partial charge in [-0.15, -0.1) is 0 Å². The van der Waals surface area contributed by atoms with Crippen LogP contribution in [0.5, 0.6) is 0 Å². The molecule has 3 aromatic rings. The lowest BCUT2D eigenvalue weighted by molar-refractivity contribution is 0.581. The molecule has 112 valence electrons. The first-order valence-electron chi connectivity index (χ1n) is 7.34. The van der Waals surface area contributed by atoms with Crippen LogP contribution in [-0.2, 0) is 19.5 Å². The van der Waals surface area contributed by atoms with Gasteiger partial charge in [0.15, 0.2) is 5.52 Å². The van der Waals surface area contributed by atoms with E-state index >= 15 is 0 Å². The highest BCUT2D eigenvalue weighted by Gasteiger charge is 2.12. The second-order valence-electron chi connectivity index (χ2n) is 5.09. The molecule has 0 N–H and O–H groups in total. The SMILES string of the molecule is CCn1c(=O)n(CCc2ccccc2)c(=O)c2ncccc21. The van der Waals surface area contributed by atoms with Gasteiger partial charge < -0.3 is 0 Å². The summed E-state index contributed by atoms with van der Waals surface area (Å²) in [6.45, 7) is 2.75. The minimum absolute atomic E-state index is 0.274. The predicted molar refractivity (Wildman–Crippen MR) is 86.1 cm³/mol. The average molecular weight is 295 g/mol. The van der Waals surface area contributed by atoms with E-state index in [4.69, 9.17) is 0 Å². The zero-order valence-corrected chi connectivity index (χ0v) is 12.4. The van der Waals surface area contributed by atoms with Gasteiger partial charge in [0.2, 0.25) is 0 Å². The number of aryl methyl sites for hydroxylation is 2. The van der Waals surface area contributed by atoms with Crippen molar-refractivity contribution in [3.63, 3.8) is 0 Å². The fourth-order valence-electron chi connectivity index (χ4n) is 2.63. The summed E-state index contributed by atoms with van der Waals surface area (Å²) < 4.78 is 2.88. The molecule has 0 aliphatic carbocycles. The quantitative estimate of drug-likeness (QED) is 0.737. The molecule has 2 heterocycles. The number of hydrogen-bond acceptors (Lipinski definition) is 3. The maximum Gasteiger partial charge on any atom is 0.331 e. The third kappa shape index (κ3) is 2.45. The van der Waals surface area contributed by atoms with E-state index in [1.807, 2.05) is 37.3 Å². The van der Waals surface area contributed by atoms with Crippen LogP contribution in [0.2, 0.25) is 0 Å². The number of rotatable bonds is 4. The van der Waals surface area contributed by atoms with Crippen LogP contribution in [0.25, 0.3) is 11.0 Å². The average Bonchev–Trinajstić information content (AvgIpc) is 2.56. The smallest absolute Gasteiger partial charge is 0.292 e. The Labute approximate surface area is 127 Å². The molecule has 0 amide bonds. The van der Waals surface area contributed by atoms with Crippen LogP contribution in [0.4, 0.5) is 0 Å². The Morgan fingerprint density at radius 2 is 1.77 bits per heavy atom. The molecule has 0 unspecified atom stereocenters. The number of pyridine rings is 1. The summed E-state index contributed by atoms with van der Waals surface area (Å²) in [5.74, 6) is 0. The second-order valence-corrected chi connectivity index (χ2v) is 5.09. The molecule has 5 heteroatoms. The molecule has 2 aromatic heterocycles. The molecule has 0 saturated heterocycles. The van der Waals surface area contributed by atoms with Crippen molar-refractivity contribution in [1.82, 2.24) is 14.1 Å². The van der Waals surface area contributed by atoms with Crippen LogP contribution in [-0.4, -0.2) is 14.1 Å². The fraction of sp³-hybridized carbons (Fsp3) is 0.235. The van der Waals surface area contributed by atoms with E-state index in [2.05, 4.69) is 4.98 Å². The summed E-state index contributed by atoms with van der Waals surface area (Å²) >= 11 is 0. The molecule has 0 aliphatic heterocycles. The van der Waals surface area contributed by atoms with Gasteiger partial charge in [-0.25, -0.2) is 9.78 Å². The normalized spacial score (nSPS) is 11.0. The highest BCUT2D eigenvalue weighted by Crippen LogP contribution is 2.05. The molecule has 5 nitrogen and oxygen atoms in total. The number of hydrogen-bond donors (Lipinski definition) is 0. The molecule has 0 aliphatic rings. The first-order valence-corrected chi connectivity index (χ1v) is 7.34. The number of nitrogens with zero attached hydrogens (tertiary/aromatic N) is 3. The van der Waals surface area contributed by atoms with E-state index in [0.717, 1.165) is 5.56 Å². The third-order valence-electron chi connectivity index (χ3n) is 3.77. The van der Waals surface area contributed by atoms with Crippen molar-refractivity contribution in [2.75, 3.05) is 0 Å². The summed E-state index contributed by atoms with van der Waals surface area (Å²) in [7, 11) is 0. The van der Waals surface area contributed by atoms with Crippen LogP contribution in [0, 0.1) is 0 Å². The Morgan fingerprint density at radius 1 is 1.00 bits per heavy atom. The topological polar surface area (TPSA) is 56.9 Å². The molecule has 0 spiro atoms. The minimum atomic E-state index is -0.318. The Hall–Kier alpha value is -2.69. The fourth-order valence-corrected chi connectivity index (χ4v) is 2.63. The molecule has 0 fully saturated rings. The van der Waals surface area contributed by atoms with Gasteiger partial charge in [-0.3, -0.25) is 13.9 Å². The van der Waals surface area contributed by atoms with E-state index in [1.54, 1.807) is 22.9 Å². The summed E-state index contributed by atoms with van der Waals surface area (Å²) in [5, 5.41) is 0. The van der Waals surface area contributed by atoms with Crippen LogP contribution in [0.1, 0.15) is 12.5 Å². The van der Waals surface area contributed by atoms with Crippen molar-refractivity contribution in [3.8, 4) is 0 Å². The lowest BCUT2D eigenvalue weighted by Gasteiger charge is -2.11. The van der Waals surface area contributed by atoms with Gasteiger partial charge in [-0.05, 0) is 31.0 Å². The number of fused-ring (bicyclic) bond motifs is 1. The zero-order chi connectivity index (χ0) is 15.5. The van der Waals surface area contributed by atoms with Gasteiger partial charge in [0.1, 0.15) is 0 Å². The number of benzene rings is 1. The van der Waals surface area contributed by atoms with Crippen LogP contribution < -0.4 is 11.2 Å². The van der Waals surface area contributed by atoms with Crippen LogP contribution in [0.3, 0.4) is 0 Å². The van der Waals surface area contributed by atoms with Crippen LogP contribution >= 0.6 is 0 Å². The predicted octanol–water partition coefficient (Wildman–Crippen LogP) is 1.82. The van der Waals surface area contributed by atoms with Crippen molar-refractivity contribution in [2.45, 2.75) is 26.4 Å². The Kier molecular flexibility index (Phi) is 3.87. The standard InChI is InChI=1S/C17H17N3O2/c1-2-19-14-9-6-11-18-15(14)16(21)20(17(19)22)12-10-13-7-4-3-5-8-13/h3-9,11H,2,10,12H2,1H3. The van der Waals surface area contributed by atoms with Gasteiger partial charge in [0, 0.05) is 19.3 Å². The van der Waals surface area contributed by atoms with E-state index in [1.165, 1.54) is 4.57 Å². The van der Waals surface area contributed by atoms with Gasteiger partial charge in [-0.2, -0.15) is 0 Å². The minimum Gasteiger partial charge on any atom is -0.292 e.